The van der Waals surface area contributed by atoms with E-state index in [1.807, 2.05) is 24.3 Å². The lowest BCUT2D eigenvalue weighted by atomic mass is 10.1. The summed E-state index contributed by atoms with van der Waals surface area (Å²) < 4.78 is 17.2. The molecule has 2 aromatic rings. The van der Waals surface area contributed by atoms with Gasteiger partial charge in [0.15, 0.2) is 11.5 Å². The summed E-state index contributed by atoms with van der Waals surface area (Å²) in [5, 5.41) is 5.55. The van der Waals surface area contributed by atoms with Crippen molar-refractivity contribution in [1.82, 2.24) is 5.01 Å². The van der Waals surface area contributed by atoms with Gasteiger partial charge in [0.25, 0.3) is 0 Å². The fourth-order valence-corrected chi connectivity index (χ4v) is 3.00. The number of halogens is 1. The van der Waals surface area contributed by atoms with Gasteiger partial charge >= 0.3 is 5.97 Å². The van der Waals surface area contributed by atoms with E-state index in [0.29, 0.717) is 17.2 Å². The minimum Gasteiger partial charge on any atom is -0.493 e. The van der Waals surface area contributed by atoms with Gasteiger partial charge in [0.1, 0.15) is 0 Å². The maximum absolute atomic E-state index is 12.1. The summed E-state index contributed by atoms with van der Waals surface area (Å²) in [6.07, 6.45) is -0.781. The van der Waals surface area contributed by atoms with Gasteiger partial charge in [0.05, 0.1) is 7.11 Å². The summed E-state index contributed by atoms with van der Waals surface area (Å²) in [4.78, 5) is 23.4. The first-order chi connectivity index (χ1) is 12.9. The van der Waals surface area contributed by atoms with Crippen LogP contribution in [0.1, 0.15) is 31.2 Å². The number of amides is 1. The smallest absolute Gasteiger partial charge is 0.308 e. The average molecular weight is 433 g/mol. The Morgan fingerprint density at radius 2 is 1.93 bits per heavy atom. The number of carbonyl (C=O) groups is 2. The Morgan fingerprint density at radius 3 is 2.56 bits per heavy atom. The lowest BCUT2D eigenvalue weighted by molar-refractivity contribution is -0.135. The summed E-state index contributed by atoms with van der Waals surface area (Å²) in [6, 6.07) is 12.4. The molecule has 0 aromatic heterocycles. The molecule has 0 radical (unpaired) electrons. The van der Waals surface area contributed by atoms with Crippen molar-refractivity contribution in [3.63, 3.8) is 0 Å². The molecular formula is C19H17BrN2O5. The molecule has 0 spiro atoms. The van der Waals surface area contributed by atoms with Crippen molar-refractivity contribution in [1.29, 1.82) is 0 Å². The highest BCUT2D eigenvalue weighted by Crippen LogP contribution is 2.36. The molecule has 0 bridgehead atoms. The number of benzene rings is 2. The predicted molar refractivity (Wildman–Crippen MR) is 101 cm³/mol. The summed E-state index contributed by atoms with van der Waals surface area (Å²) in [6.45, 7) is 2.70. The number of rotatable bonds is 4. The molecule has 27 heavy (non-hydrogen) atoms. The van der Waals surface area contributed by atoms with Crippen LogP contribution in [0.2, 0.25) is 0 Å². The molecule has 1 aliphatic rings. The molecule has 1 atom stereocenters. The van der Waals surface area contributed by atoms with Gasteiger partial charge in [0.2, 0.25) is 18.0 Å². The van der Waals surface area contributed by atoms with Crippen molar-refractivity contribution in [2.45, 2.75) is 20.1 Å². The van der Waals surface area contributed by atoms with Crippen LogP contribution in [0.25, 0.3) is 0 Å². The van der Waals surface area contributed by atoms with E-state index in [-0.39, 0.29) is 11.7 Å². The molecular weight excluding hydrogens is 416 g/mol. The van der Waals surface area contributed by atoms with Crippen LogP contribution in [-0.4, -0.2) is 29.9 Å². The predicted octanol–water partition coefficient (Wildman–Crippen LogP) is 3.62. The Hall–Kier alpha value is -2.87. The Labute approximate surface area is 164 Å². The molecule has 0 unspecified atom stereocenters. The molecule has 0 saturated carbocycles. The van der Waals surface area contributed by atoms with Crippen LogP contribution in [0.3, 0.4) is 0 Å². The van der Waals surface area contributed by atoms with Crippen LogP contribution in [0.5, 0.6) is 11.5 Å². The van der Waals surface area contributed by atoms with Gasteiger partial charge in [-0.05, 0) is 36.4 Å². The molecule has 0 fully saturated rings. The van der Waals surface area contributed by atoms with Crippen molar-refractivity contribution in [3.8, 4) is 11.5 Å². The number of hydrogen-bond acceptors (Lipinski definition) is 6. The zero-order valence-electron chi connectivity index (χ0n) is 14.9. The van der Waals surface area contributed by atoms with Crippen LogP contribution in [0.15, 0.2) is 52.0 Å². The van der Waals surface area contributed by atoms with Crippen LogP contribution in [-0.2, 0) is 14.3 Å². The van der Waals surface area contributed by atoms with Crippen molar-refractivity contribution in [2.24, 2.45) is 5.10 Å². The maximum atomic E-state index is 12.1. The van der Waals surface area contributed by atoms with Crippen molar-refractivity contribution >= 4 is 33.7 Å². The fraction of sp³-hybridized carbons (Fsp3) is 0.211. The number of carbonyl (C=O) groups excluding carboxylic acids is 2. The monoisotopic (exact) mass is 432 g/mol. The van der Waals surface area contributed by atoms with Gasteiger partial charge in [-0.3, -0.25) is 9.59 Å². The van der Waals surface area contributed by atoms with E-state index < -0.39 is 12.2 Å². The first kappa shape index (κ1) is 18.9. The lowest BCUT2D eigenvalue weighted by Crippen LogP contribution is -2.25. The average Bonchev–Trinajstić information content (AvgIpc) is 3.07. The second-order valence-electron chi connectivity index (χ2n) is 5.75. The molecule has 0 N–H and O–H groups in total. The van der Waals surface area contributed by atoms with E-state index in [4.69, 9.17) is 14.2 Å². The van der Waals surface area contributed by atoms with E-state index >= 15 is 0 Å². The van der Waals surface area contributed by atoms with Gasteiger partial charge in [-0.1, -0.05) is 22.0 Å². The molecule has 0 saturated heterocycles. The van der Waals surface area contributed by atoms with Crippen molar-refractivity contribution < 1.29 is 23.8 Å². The minimum absolute atomic E-state index is 0.241. The highest BCUT2D eigenvalue weighted by Gasteiger charge is 2.33. The third-order valence-corrected chi connectivity index (χ3v) is 4.26. The minimum atomic E-state index is -0.781. The summed E-state index contributed by atoms with van der Waals surface area (Å²) >= 11 is 3.41. The van der Waals surface area contributed by atoms with Crippen molar-refractivity contribution in [3.05, 3.63) is 58.1 Å². The van der Waals surface area contributed by atoms with Crippen LogP contribution in [0, 0.1) is 0 Å². The maximum Gasteiger partial charge on any atom is 0.308 e. The van der Waals surface area contributed by atoms with Gasteiger partial charge < -0.3 is 14.2 Å². The molecule has 2 aromatic carbocycles. The third kappa shape index (κ3) is 4.11. The van der Waals surface area contributed by atoms with E-state index in [1.54, 1.807) is 18.2 Å². The fourth-order valence-electron chi connectivity index (χ4n) is 2.60. The van der Waals surface area contributed by atoms with Gasteiger partial charge in [-0.15, -0.1) is 5.10 Å². The van der Waals surface area contributed by atoms with E-state index in [9.17, 15) is 9.59 Å². The van der Waals surface area contributed by atoms with Crippen molar-refractivity contribution in [2.75, 3.05) is 7.11 Å². The molecule has 7 nitrogen and oxygen atoms in total. The molecule has 140 valence electrons. The zero-order valence-corrected chi connectivity index (χ0v) is 16.5. The Balaban J connectivity index is 1.96. The quantitative estimate of drug-likeness (QED) is 0.544. The summed E-state index contributed by atoms with van der Waals surface area (Å²) in [7, 11) is 1.48. The molecule has 1 amide bonds. The third-order valence-electron chi connectivity index (χ3n) is 3.76. The normalized spacial score (nSPS) is 15.8. The van der Waals surface area contributed by atoms with E-state index in [0.717, 1.165) is 10.0 Å². The molecule has 1 aliphatic heterocycles. The summed E-state index contributed by atoms with van der Waals surface area (Å²) in [5.41, 5.74) is 1.32. The zero-order chi connectivity index (χ0) is 19.6. The number of hydrogen-bond donors (Lipinski definition) is 0. The van der Waals surface area contributed by atoms with Crippen LogP contribution in [0.4, 0.5) is 0 Å². The number of methoxy groups -OCH3 is 1. The highest BCUT2D eigenvalue weighted by molar-refractivity contribution is 9.10. The molecule has 3 rings (SSSR count). The molecule has 8 heteroatoms. The standard InChI is InChI=1S/C19H17BrN2O5/c1-11(23)22-19(27-18(21-22)13-5-4-6-15(20)9-13)14-7-8-16(25-3)17(10-14)26-12(2)24/h4-10,19H,1-3H3/t19-/m1/s1. The Bertz CT molecular complexity index is 928. The number of nitrogens with zero attached hydrogens (tertiary/aromatic N) is 2. The first-order valence-corrected chi connectivity index (χ1v) is 8.85. The first-order valence-electron chi connectivity index (χ1n) is 8.06. The summed E-state index contributed by atoms with van der Waals surface area (Å²) in [5.74, 6) is 0.198. The van der Waals surface area contributed by atoms with Gasteiger partial charge in [-0.2, -0.15) is 5.01 Å². The second-order valence-corrected chi connectivity index (χ2v) is 6.67. The molecule has 1 heterocycles. The van der Waals surface area contributed by atoms with Crippen LogP contribution < -0.4 is 9.47 Å². The number of ether oxygens (including phenoxy) is 3. The largest absolute Gasteiger partial charge is 0.493 e. The number of esters is 1. The topological polar surface area (TPSA) is 77.4 Å². The SMILES string of the molecule is COc1ccc([C@H]2OC(c3cccc(Br)c3)=NN2C(C)=O)cc1OC(C)=O. The van der Waals surface area contributed by atoms with Crippen LogP contribution >= 0.6 is 15.9 Å². The lowest BCUT2D eigenvalue weighted by Gasteiger charge is -2.20. The van der Waals surface area contributed by atoms with Gasteiger partial charge in [0, 0.05) is 29.4 Å². The highest BCUT2D eigenvalue weighted by atomic mass is 79.9. The van der Waals surface area contributed by atoms with E-state index in [2.05, 4.69) is 21.0 Å². The number of hydrazone groups is 1. The Morgan fingerprint density at radius 1 is 1.15 bits per heavy atom. The van der Waals surface area contributed by atoms with E-state index in [1.165, 1.54) is 26.0 Å². The van der Waals surface area contributed by atoms with Gasteiger partial charge in [-0.25, -0.2) is 0 Å². The Kier molecular flexibility index (Phi) is 5.46. The second kappa shape index (κ2) is 7.79. The molecule has 0 aliphatic carbocycles.